The lowest BCUT2D eigenvalue weighted by molar-refractivity contribution is -0.571. The summed E-state index contributed by atoms with van der Waals surface area (Å²) in [5.74, 6) is 1.83. The Bertz CT molecular complexity index is 4700. The van der Waals surface area contributed by atoms with Crippen molar-refractivity contribution >= 4 is 38.5 Å². The van der Waals surface area contributed by atoms with Crippen molar-refractivity contribution < 1.29 is 9.30 Å². The summed E-state index contributed by atoms with van der Waals surface area (Å²) in [6, 6.07) is 95.1. The molecule has 0 saturated carbocycles. The summed E-state index contributed by atoms with van der Waals surface area (Å²) in [5.41, 5.74) is 20.3. The van der Waals surface area contributed by atoms with Crippen molar-refractivity contribution in [3.8, 4) is 102 Å². The Morgan fingerprint density at radius 1 is 0.482 bits per heavy atom. The Labute approximate surface area is 494 Å². The Morgan fingerprint density at radius 3 is 1.59 bits per heavy atom. The number of pyridine rings is 1. The zero-order valence-electron chi connectivity index (χ0n) is 47.1. The average molecular weight is 1090 g/mol. The molecule has 0 spiro atoms. The first-order valence-electron chi connectivity index (χ1n) is 28.4. The molecule has 0 aliphatic rings. The normalized spacial score (nSPS) is 11.4. The van der Waals surface area contributed by atoms with Gasteiger partial charge in [-0.2, -0.15) is 5.26 Å². The van der Waals surface area contributed by atoms with Crippen molar-refractivity contribution in [1.29, 1.82) is 5.26 Å². The maximum Gasteiger partial charge on any atom is 0.269 e. The third-order valence-electron chi connectivity index (χ3n) is 15.9. The molecule has 0 atom stereocenters. The van der Waals surface area contributed by atoms with Gasteiger partial charge in [-0.05, 0) is 175 Å². The number of nitriles is 1. The minimum Gasteiger partial charge on any atom is -0.459 e. The number of rotatable bonds is 11. The third-order valence-corrected chi connectivity index (χ3v) is 15.9. The molecular formula is C78H54N6O. The molecule has 0 amide bonds. The number of para-hydroxylation sites is 3. The zero-order chi connectivity index (χ0) is 57.6. The lowest BCUT2D eigenvalue weighted by Gasteiger charge is -2.20. The molecule has 14 aromatic rings. The molecule has 3 aromatic heterocycles. The van der Waals surface area contributed by atoms with Crippen molar-refractivity contribution in [2.24, 2.45) is 0 Å². The van der Waals surface area contributed by atoms with Crippen LogP contribution in [0.25, 0.3) is 122 Å². The Hall–Kier alpha value is -11.4. The fourth-order valence-electron chi connectivity index (χ4n) is 11.8. The third kappa shape index (κ3) is 9.86. The Kier molecular flexibility index (Phi) is 13.1. The van der Waals surface area contributed by atoms with Crippen molar-refractivity contribution in [2.75, 3.05) is 0 Å². The summed E-state index contributed by atoms with van der Waals surface area (Å²) in [6.07, 6.45) is 5.76. The van der Waals surface area contributed by atoms with E-state index in [1.165, 1.54) is 0 Å². The van der Waals surface area contributed by atoms with Gasteiger partial charge in [0.2, 0.25) is 0 Å². The number of benzene rings is 11. The van der Waals surface area contributed by atoms with Gasteiger partial charge in [0.05, 0.1) is 51.6 Å². The summed E-state index contributed by atoms with van der Waals surface area (Å²) >= 11 is 0. The summed E-state index contributed by atoms with van der Waals surface area (Å²) in [4.78, 5) is 8.91. The van der Waals surface area contributed by atoms with Gasteiger partial charge in [0, 0.05) is 23.0 Å². The fraction of sp³-hybridized carbons (Fsp3) is 0.0513. The molecule has 11 aromatic carbocycles. The molecule has 7 heteroatoms. The van der Waals surface area contributed by atoms with Crippen LogP contribution in [0, 0.1) is 24.2 Å². The van der Waals surface area contributed by atoms with Crippen LogP contribution in [0.2, 0.25) is 0 Å². The molecule has 402 valence electrons. The van der Waals surface area contributed by atoms with E-state index in [4.69, 9.17) is 16.3 Å². The summed E-state index contributed by atoms with van der Waals surface area (Å²) in [5, 5.41) is 11.9. The highest BCUT2D eigenvalue weighted by molar-refractivity contribution is 6.10. The summed E-state index contributed by atoms with van der Waals surface area (Å²) in [6.45, 7) is 15.0. The van der Waals surface area contributed by atoms with Gasteiger partial charge in [0.1, 0.15) is 17.3 Å². The predicted octanol–water partition coefficient (Wildman–Crippen LogP) is 19.7. The summed E-state index contributed by atoms with van der Waals surface area (Å²) < 4.78 is 13.3. The van der Waals surface area contributed by atoms with Crippen LogP contribution in [0.5, 0.6) is 11.5 Å². The van der Waals surface area contributed by atoms with Gasteiger partial charge in [0.25, 0.3) is 6.33 Å². The van der Waals surface area contributed by atoms with Gasteiger partial charge in [0.15, 0.2) is 5.69 Å². The van der Waals surface area contributed by atoms with Crippen molar-refractivity contribution in [3.05, 3.63) is 302 Å². The van der Waals surface area contributed by atoms with E-state index in [-0.39, 0.29) is 5.41 Å². The molecule has 14 rings (SSSR count). The SMILES string of the molecule is [C-]#[N+]c1cc(Oc2ccc3c4cc(C#N)ccc4n(-c4cc(C(C)(C)C)ccn4)c3c2)cc(-n2[c-][n+](-c3c(-c4cc(-c5ccccc5)cc(-c5ccccc5)c4)cccc3-c3cc(-c4ccccc4)cc(-c4ccccc4)c3)c3ccccc32)c1. The van der Waals surface area contributed by atoms with Gasteiger partial charge in [-0.1, -0.05) is 185 Å². The number of ether oxygens (including phenoxy) is 1. The molecular weight excluding hydrogens is 1040 g/mol. The molecule has 0 N–H and O–H groups in total. The van der Waals surface area contributed by atoms with Crippen molar-refractivity contribution in [1.82, 2.24) is 14.1 Å². The number of fused-ring (bicyclic) bond motifs is 4. The van der Waals surface area contributed by atoms with E-state index in [9.17, 15) is 5.26 Å². The van der Waals surface area contributed by atoms with Crippen LogP contribution in [0.1, 0.15) is 31.9 Å². The van der Waals surface area contributed by atoms with Gasteiger partial charge in [-0.25, -0.2) is 9.83 Å². The van der Waals surface area contributed by atoms with Crippen molar-refractivity contribution in [2.45, 2.75) is 26.2 Å². The minimum atomic E-state index is -0.111. The van der Waals surface area contributed by atoms with Crippen molar-refractivity contribution in [3.63, 3.8) is 0 Å². The first kappa shape index (κ1) is 51.7. The molecule has 85 heavy (non-hydrogen) atoms. The first-order chi connectivity index (χ1) is 41.6. The fourth-order valence-corrected chi connectivity index (χ4v) is 11.8. The van der Waals surface area contributed by atoms with E-state index in [1.54, 1.807) is 6.07 Å². The van der Waals surface area contributed by atoms with E-state index in [2.05, 4.69) is 253 Å². The quantitative estimate of drug-likeness (QED) is 0.0958. The van der Waals surface area contributed by atoms with Crippen LogP contribution in [0.3, 0.4) is 0 Å². The largest absolute Gasteiger partial charge is 0.459 e. The molecule has 0 radical (unpaired) electrons. The minimum absolute atomic E-state index is 0.111. The maximum absolute atomic E-state index is 9.98. The van der Waals surface area contributed by atoms with E-state index in [0.29, 0.717) is 28.4 Å². The molecule has 0 aliphatic heterocycles. The maximum atomic E-state index is 9.98. The van der Waals surface area contributed by atoms with E-state index in [0.717, 1.165) is 117 Å². The van der Waals surface area contributed by atoms with Gasteiger partial charge in [-0.15, -0.1) is 0 Å². The highest BCUT2D eigenvalue weighted by Gasteiger charge is 2.24. The van der Waals surface area contributed by atoms with Crippen LogP contribution in [-0.2, 0) is 5.41 Å². The molecule has 0 saturated heterocycles. The van der Waals surface area contributed by atoms with E-state index in [1.807, 2.05) is 65.4 Å². The number of hydrogen-bond donors (Lipinski definition) is 0. The monoisotopic (exact) mass is 1090 g/mol. The molecule has 3 heterocycles. The second-order valence-corrected chi connectivity index (χ2v) is 22.4. The smallest absolute Gasteiger partial charge is 0.269 e. The average Bonchev–Trinajstić information content (AvgIpc) is 2.00. The number of imidazole rings is 1. The van der Waals surface area contributed by atoms with Gasteiger partial charge >= 0.3 is 0 Å². The molecule has 0 bridgehead atoms. The zero-order valence-corrected chi connectivity index (χ0v) is 47.1. The van der Waals surface area contributed by atoms with Gasteiger partial charge in [-0.3, -0.25) is 13.7 Å². The van der Waals surface area contributed by atoms with E-state index >= 15 is 0 Å². The molecule has 0 aliphatic carbocycles. The first-order valence-corrected chi connectivity index (χ1v) is 28.4. The predicted molar refractivity (Wildman–Crippen MR) is 345 cm³/mol. The summed E-state index contributed by atoms with van der Waals surface area (Å²) in [7, 11) is 0. The van der Waals surface area contributed by atoms with Crippen LogP contribution in [-0.4, -0.2) is 14.1 Å². The van der Waals surface area contributed by atoms with Gasteiger partial charge < -0.3 is 4.74 Å². The molecule has 0 fully saturated rings. The highest BCUT2D eigenvalue weighted by atomic mass is 16.5. The second-order valence-electron chi connectivity index (χ2n) is 22.4. The second kappa shape index (κ2) is 21.5. The topological polar surface area (TPSA) is 64.0 Å². The Morgan fingerprint density at radius 2 is 1.04 bits per heavy atom. The molecule has 0 unspecified atom stereocenters. The van der Waals surface area contributed by atoms with Crippen LogP contribution < -0.4 is 9.30 Å². The van der Waals surface area contributed by atoms with Crippen LogP contribution in [0.4, 0.5) is 5.69 Å². The standard InChI is InChI=1S/C78H54N6O/c1-78(2,3)63-36-37-81-76(45-63)84-72-35-32-52(50-79)38-71(72)70-34-33-66(49-75(70)84)85-67-47-64(80-4)46-65(48-67)82-51-83(74-31-18-17-30-73(74)82)77-68(61-41-57(53-20-9-5-10-21-53)39-58(42-61)54-22-11-6-12-23-54)28-19-29-69(77)62-43-59(55-24-13-7-14-25-55)40-60(44-62)56-26-15-8-16-27-56/h5-49H,1-3H3. The number of hydrogen-bond acceptors (Lipinski definition) is 3. The lowest BCUT2D eigenvalue weighted by Crippen LogP contribution is -2.31. The van der Waals surface area contributed by atoms with Crippen LogP contribution >= 0.6 is 0 Å². The molecule has 7 nitrogen and oxygen atoms in total. The Balaban J connectivity index is 0.969. The van der Waals surface area contributed by atoms with Crippen LogP contribution in [0.15, 0.2) is 273 Å². The number of aromatic nitrogens is 4. The van der Waals surface area contributed by atoms with E-state index < -0.39 is 0 Å². The lowest BCUT2D eigenvalue weighted by atomic mass is 9.88. The number of nitrogens with zero attached hydrogens (tertiary/aromatic N) is 6. The highest BCUT2D eigenvalue weighted by Crippen LogP contribution is 2.43.